The number of fused-ring (bicyclic) bond motifs is 1. The van der Waals surface area contributed by atoms with Gasteiger partial charge in [0.1, 0.15) is 0 Å². The summed E-state index contributed by atoms with van der Waals surface area (Å²) < 4.78 is 40.9. The SMILES string of the molecule is C[C@H](CNC(=O)c1cc(C2CC2)nc2c1cnn2C)Cn1ccc(C(F)(F)F)n1. The number of alkyl halides is 3. The zero-order valence-corrected chi connectivity index (χ0v) is 16.1. The highest BCUT2D eigenvalue weighted by molar-refractivity contribution is 6.05. The number of nitrogens with one attached hydrogen (secondary N) is 1. The molecule has 1 aliphatic carbocycles. The van der Waals surface area contributed by atoms with Gasteiger partial charge in [0, 0.05) is 37.9 Å². The Morgan fingerprint density at radius 1 is 1.38 bits per heavy atom. The van der Waals surface area contributed by atoms with Crippen molar-refractivity contribution in [3.63, 3.8) is 0 Å². The highest BCUT2D eigenvalue weighted by Gasteiger charge is 2.33. The van der Waals surface area contributed by atoms with Gasteiger partial charge in [0.2, 0.25) is 0 Å². The molecule has 0 unspecified atom stereocenters. The van der Waals surface area contributed by atoms with E-state index < -0.39 is 11.9 Å². The Morgan fingerprint density at radius 3 is 2.79 bits per heavy atom. The second-order valence-corrected chi connectivity index (χ2v) is 7.61. The van der Waals surface area contributed by atoms with Crippen LogP contribution in [0.15, 0.2) is 24.5 Å². The van der Waals surface area contributed by atoms with Crippen molar-refractivity contribution in [1.29, 1.82) is 0 Å². The number of nitrogens with zero attached hydrogens (tertiary/aromatic N) is 5. The van der Waals surface area contributed by atoms with Crippen molar-refractivity contribution in [3.8, 4) is 0 Å². The van der Waals surface area contributed by atoms with Crippen molar-refractivity contribution >= 4 is 16.9 Å². The van der Waals surface area contributed by atoms with E-state index in [1.807, 2.05) is 13.0 Å². The molecule has 0 aromatic carbocycles. The van der Waals surface area contributed by atoms with Crippen LogP contribution in [0.25, 0.3) is 11.0 Å². The van der Waals surface area contributed by atoms with Crippen molar-refractivity contribution < 1.29 is 18.0 Å². The Balaban J connectivity index is 1.44. The van der Waals surface area contributed by atoms with Gasteiger partial charge in [0.15, 0.2) is 11.3 Å². The van der Waals surface area contributed by atoms with Crippen molar-refractivity contribution in [1.82, 2.24) is 29.9 Å². The molecule has 3 aromatic heterocycles. The van der Waals surface area contributed by atoms with Gasteiger partial charge in [0.05, 0.1) is 17.1 Å². The van der Waals surface area contributed by atoms with Crippen LogP contribution in [0.4, 0.5) is 13.2 Å². The van der Waals surface area contributed by atoms with E-state index in [0.29, 0.717) is 29.1 Å². The molecular weight excluding hydrogens is 385 g/mol. The summed E-state index contributed by atoms with van der Waals surface area (Å²) in [5.74, 6) is 0.0482. The summed E-state index contributed by atoms with van der Waals surface area (Å²) in [5, 5.41) is 11.3. The van der Waals surface area contributed by atoms with Crippen molar-refractivity contribution in [3.05, 3.63) is 41.5 Å². The topological polar surface area (TPSA) is 77.6 Å². The minimum atomic E-state index is -4.46. The zero-order chi connectivity index (χ0) is 20.8. The summed E-state index contributed by atoms with van der Waals surface area (Å²) in [7, 11) is 1.79. The number of carbonyl (C=O) groups excluding carboxylic acids is 1. The number of aryl methyl sites for hydroxylation is 1. The molecule has 0 spiro atoms. The van der Waals surface area contributed by atoms with Gasteiger partial charge in [-0.15, -0.1) is 0 Å². The molecule has 0 saturated heterocycles. The zero-order valence-electron chi connectivity index (χ0n) is 16.1. The second kappa shape index (κ2) is 7.16. The fraction of sp³-hybridized carbons (Fsp3) is 0.474. The standard InChI is InChI=1S/C19H21F3N6O/c1-11(10-28-6-5-16(26-28)19(20,21)22)8-23-18(29)13-7-15(12-3-4-12)25-17-14(13)9-24-27(17)2/h5-7,9,11-12H,3-4,8,10H2,1-2H3,(H,23,29)/t11-/m1/s1. The Labute approximate surface area is 164 Å². The average Bonchev–Trinajstić information content (AvgIpc) is 3.30. The average molecular weight is 406 g/mol. The lowest BCUT2D eigenvalue weighted by molar-refractivity contribution is -0.141. The minimum absolute atomic E-state index is 0.103. The van der Waals surface area contributed by atoms with Gasteiger partial charge in [-0.25, -0.2) is 4.98 Å². The Hall–Kier alpha value is -2.91. The third-order valence-corrected chi connectivity index (χ3v) is 5.01. The van der Waals surface area contributed by atoms with Crippen molar-refractivity contribution in [2.45, 2.75) is 38.4 Å². The maximum atomic E-state index is 12.8. The first-order valence-corrected chi connectivity index (χ1v) is 9.44. The maximum absolute atomic E-state index is 12.8. The lowest BCUT2D eigenvalue weighted by atomic mass is 10.1. The molecule has 7 nitrogen and oxygen atoms in total. The van der Waals surface area contributed by atoms with Crippen LogP contribution < -0.4 is 5.32 Å². The van der Waals surface area contributed by atoms with E-state index >= 15 is 0 Å². The summed E-state index contributed by atoms with van der Waals surface area (Å²) in [6, 6.07) is 2.77. The number of hydrogen-bond donors (Lipinski definition) is 1. The molecule has 0 bridgehead atoms. The molecule has 3 heterocycles. The normalized spacial score (nSPS) is 15.6. The maximum Gasteiger partial charge on any atom is 0.435 e. The van der Waals surface area contributed by atoms with Crippen LogP contribution in [-0.2, 0) is 19.8 Å². The van der Waals surface area contributed by atoms with E-state index in [0.717, 1.165) is 24.6 Å². The largest absolute Gasteiger partial charge is 0.435 e. The second-order valence-electron chi connectivity index (χ2n) is 7.61. The number of rotatable bonds is 6. The summed E-state index contributed by atoms with van der Waals surface area (Å²) >= 11 is 0. The molecule has 1 N–H and O–H groups in total. The summed E-state index contributed by atoms with van der Waals surface area (Å²) in [4.78, 5) is 17.4. The van der Waals surface area contributed by atoms with Crippen LogP contribution >= 0.6 is 0 Å². The molecule has 1 saturated carbocycles. The number of aromatic nitrogens is 5. The molecule has 1 aliphatic rings. The van der Waals surface area contributed by atoms with Crippen LogP contribution in [0.2, 0.25) is 0 Å². The molecule has 4 rings (SSSR count). The summed E-state index contributed by atoms with van der Waals surface area (Å²) in [6.07, 6.45) is 0.597. The molecular formula is C19H21F3N6O. The molecule has 0 radical (unpaired) electrons. The highest BCUT2D eigenvalue weighted by atomic mass is 19.4. The van der Waals surface area contributed by atoms with Gasteiger partial charge in [-0.2, -0.15) is 23.4 Å². The highest BCUT2D eigenvalue weighted by Crippen LogP contribution is 2.40. The summed E-state index contributed by atoms with van der Waals surface area (Å²) in [5.41, 5.74) is 1.17. The minimum Gasteiger partial charge on any atom is -0.352 e. The van der Waals surface area contributed by atoms with Crippen LogP contribution in [0.3, 0.4) is 0 Å². The van der Waals surface area contributed by atoms with Crippen LogP contribution in [-0.4, -0.2) is 37.0 Å². The van der Waals surface area contributed by atoms with Gasteiger partial charge in [-0.1, -0.05) is 6.92 Å². The van der Waals surface area contributed by atoms with E-state index in [2.05, 4.69) is 20.5 Å². The molecule has 1 fully saturated rings. The molecule has 29 heavy (non-hydrogen) atoms. The van der Waals surface area contributed by atoms with E-state index in [9.17, 15) is 18.0 Å². The molecule has 0 aliphatic heterocycles. The number of amides is 1. The van der Waals surface area contributed by atoms with Crippen LogP contribution in [0, 0.1) is 5.92 Å². The third-order valence-electron chi connectivity index (χ3n) is 5.01. The Kier molecular flexibility index (Phi) is 4.79. The quantitative estimate of drug-likeness (QED) is 0.682. The van der Waals surface area contributed by atoms with Gasteiger partial charge in [-0.05, 0) is 30.9 Å². The van der Waals surface area contributed by atoms with Crippen molar-refractivity contribution in [2.75, 3.05) is 6.54 Å². The first-order chi connectivity index (χ1) is 13.7. The number of halogens is 3. The van der Waals surface area contributed by atoms with Gasteiger partial charge in [-0.3, -0.25) is 14.2 Å². The lowest BCUT2D eigenvalue weighted by Gasteiger charge is -2.14. The number of carbonyl (C=O) groups is 1. The number of pyridine rings is 1. The van der Waals surface area contributed by atoms with Gasteiger partial charge in [0.25, 0.3) is 5.91 Å². The van der Waals surface area contributed by atoms with E-state index in [1.54, 1.807) is 17.9 Å². The third kappa shape index (κ3) is 4.10. The van der Waals surface area contributed by atoms with E-state index in [4.69, 9.17) is 0 Å². The lowest BCUT2D eigenvalue weighted by Crippen LogP contribution is -2.30. The first kappa shape index (κ1) is 19.4. The molecule has 10 heteroatoms. The van der Waals surface area contributed by atoms with E-state index in [-0.39, 0.29) is 18.4 Å². The molecule has 154 valence electrons. The monoisotopic (exact) mass is 406 g/mol. The molecule has 1 amide bonds. The van der Waals surface area contributed by atoms with Gasteiger partial charge >= 0.3 is 6.18 Å². The van der Waals surface area contributed by atoms with Crippen molar-refractivity contribution in [2.24, 2.45) is 13.0 Å². The predicted octanol–water partition coefficient (Wildman–Crippen LogP) is 3.13. The van der Waals surface area contributed by atoms with Crippen LogP contribution in [0.5, 0.6) is 0 Å². The van der Waals surface area contributed by atoms with Gasteiger partial charge < -0.3 is 5.32 Å². The first-order valence-electron chi connectivity index (χ1n) is 9.44. The molecule has 1 atom stereocenters. The molecule has 3 aromatic rings. The fourth-order valence-corrected chi connectivity index (χ4v) is 3.27. The Morgan fingerprint density at radius 2 is 2.14 bits per heavy atom. The smallest absolute Gasteiger partial charge is 0.352 e. The fourth-order valence-electron chi connectivity index (χ4n) is 3.27. The summed E-state index contributed by atoms with van der Waals surface area (Å²) in [6.45, 7) is 2.42. The number of hydrogen-bond acceptors (Lipinski definition) is 4. The Bertz CT molecular complexity index is 1050. The van der Waals surface area contributed by atoms with E-state index in [1.165, 1.54) is 10.9 Å². The predicted molar refractivity (Wildman–Crippen MR) is 99.2 cm³/mol. The van der Waals surface area contributed by atoms with Crippen LogP contribution in [0.1, 0.15) is 47.4 Å².